The van der Waals surface area contributed by atoms with Crippen LogP contribution in [-0.4, -0.2) is 63.0 Å². The molecule has 0 aromatic carbocycles. The fraction of sp³-hybridized carbons (Fsp3) is 0.632. The summed E-state index contributed by atoms with van der Waals surface area (Å²) in [4.78, 5) is 33.7. The SMILES string of the molecule is NCC(=O)NCCNC(CNCC(=O)NCCCC(N)=O)CC1C=CC=CC1. The molecule has 28 heavy (non-hydrogen) atoms. The molecule has 2 atom stereocenters. The zero-order valence-electron chi connectivity index (χ0n) is 16.4. The van der Waals surface area contributed by atoms with Crippen LogP contribution in [0.4, 0.5) is 0 Å². The summed E-state index contributed by atoms with van der Waals surface area (Å²) in [7, 11) is 0. The first-order chi connectivity index (χ1) is 13.5. The zero-order valence-corrected chi connectivity index (χ0v) is 16.4. The van der Waals surface area contributed by atoms with Gasteiger partial charge in [-0.1, -0.05) is 24.3 Å². The number of primary amides is 1. The number of carbonyl (C=O) groups is 3. The van der Waals surface area contributed by atoms with Gasteiger partial charge in [0.05, 0.1) is 13.1 Å². The van der Waals surface area contributed by atoms with Gasteiger partial charge in [0.15, 0.2) is 0 Å². The van der Waals surface area contributed by atoms with Crippen molar-refractivity contribution in [3.63, 3.8) is 0 Å². The number of nitrogens with one attached hydrogen (secondary N) is 4. The maximum atomic E-state index is 11.8. The van der Waals surface area contributed by atoms with Crippen LogP contribution in [-0.2, 0) is 14.4 Å². The molecule has 0 bridgehead atoms. The van der Waals surface area contributed by atoms with Gasteiger partial charge in [-0.05, 0) is 25.2 Å². The van der Waals surface area contributed by atoms with Crippen molar-refractivity contribution in [1.82, 2.24) is 21.3 Å². The van der Waals surface area contributed by atoms with Gasteiger partial charge in [0.2, 0.25) is 17.7 Å². The average molecular weight is 395 g/mol. The Bertz CT molecular complexity index is 550. The molecule has 8 N–H and O–H groups in total. The molecule has 0 aliphatic heterocycles. The van der Waals surface area contributed by atoms with Crippen molar-refractivity contribution in [2.24, 2.45) is 17.4 Å². The highest BCUT2D eigenvalue weighted by Gasteiger charge is 2.15. The summed E-state index contributed by atoms with van der Waals surface area (Å²) in [5, 5.41) is 12.1. The number of rotatable bonds is 15. The maximum absolute atomic E-state index is 11.8. The van der Waals surface area contributed by atoms with E-state index in [-0.39, 0.29) is 43.3 Å². The molecule has 9 nitrogen and oxygen atoms in total. The van der Waals surface area contributed by atoms with E-state index in [0.717, 1.165) is 12.8 Å². The quantitative estimate of drug-likeness (QED) is 0.186. The molecule has 0 radical (unpaired) electrons. The third-order valence-electron chi connectivity index (χ3n) is 4.32. The highest BCUT2D eigenvalue weighted by Crippen LogP contribution is 2.17. The third kappa shape index (κ3) is 12.2. The monoisotopic (exact) mass is 394 g/mol. The lowest BCUT2D eigenvalue weighted by Gasteiger charge is -2.24. The van der Waals surface area contributed by atoms with E-state index in [1.54, 1.807) is 0 Å². The average Bonchev–Trinajstić information content (AvgIpc) is 2.68. The van der Waals surface area contributed by atoms with Crippen LogP contribution in [0.1, 0.15) is 25.7 Å². The van der Waals surface area contributed by atoms with E-state index in [0.29, 0.717) is 38.5 Å². The molecule has 1 aliphatic rings. The van der Waals surface area contributed by atoms with E-state index < -0.39 is 0 Å². The molecule has 9 heteroatoms. The van der Waals surface area contributed by atoms with Crippen molar-refractivity contribution in [3.05, 3.63) is 24.3 Å². The van der Waals surface area contributed by atoms with Crippen molar-refractivity contribution in [1.29, 1.82) is 0 Å². The van der Waals surface area contributed by atoms with Gasteiger partial charge in [0, 0.05) is 38.6 Å². The highest BCUT2D eigenvalue weighted by molar-refractivity contribution is 5.78. The molecular formula is C19H34N6O3. The Balaban J connectivity index is 2.29. The Morgan fingerprint density at radius 2 is 1.86 bits per heavy atom. The van der Waals surface area contributed by atoms with Crippen molar-refractivity contribution in [3.8, 4) is 0 Å². The molecule has 158 valence electrons. The molecule has 1 aliphatic carbocycles. The maximum Gasteiger partial charge on any atom is 0.233 e. The smallest absolute Gasteiger partial charge is 0.233 e. The van der Waals surface area contributed by atoms with Gasteiger partial charge in [-0.15, -0.1) is 0 Å². The lowest BCUT2D eigenvalue weighted by molar-refractivity contribution is -0.121. The topological polar surface area (TPSA) is 151 Å². The van der Waals surface area contributed by atoms with Crippen molar-refractivity contribution < 1.29 is 14.4 Å². The van der Waals surface area contributed by atoms with Crippen molar-refractivity contribution in [2.45, 2.75) is 31.7 Å². The lowest BCUT2D eigenvalue weighted by Crippen LogP contribution is -2.45. The van der Waals surface area contributed by atoms with Gasteiger partial charge >= 0.3 is 0 Å². The molecule has 0 aromatic rings. The minimum Gasteiger partial charge on any atom is -0.370 e. The summed E-state index contributed by atoms with van der Waals surface area (Å²) in [6.07, 6.45) is 11.2. The Morgan fingerprint density at radius 1 is 1.07 bits per heavy atom. The molecule has 0 saturated carbocycles. The highest BCUT2D eigenvalue weighted by atomic mass is 16.2. The molecular weight excluding hydrogens is 360 g/mol. The fourth-order valence-electron chi connectivity index (χ4n) is 2.87. The Morgan fingerprint density at radius 3 is 2.54 bits per heavy atom. The molecule has 0 spiro atoms. The lowest BCUT2D eigenvalue weighted by atomic mass is 9.93. The molecule has 1 rings (SSSR count). The van der Waals surface area contributed by atoms with Crippen LogP contribution in [0, 0.1) is 5.92 Å². The minimum absolute atomic E-state index is 0.0151. The largest absolute Gasteiger partial charge is 0.370 e. The van der Waals surface area contributed by atoms with Gasteiger partial charge < -0.3 is 32.7 Å². The first-order valence-electron chi connectivity index (χ1n) is 9.80. The van der Waals surface area contributed by atoms with Gasteiger partial charge in [-0.2, -0.15) is 0 Å². The van der Waals surface area contributed by atoms with Crippen LogP contribution in [0.25, 0.3) is 0 Å². The molecule has 0 heterocycles. The van der Waals surface area contributed by atoms with Crippen LogP contribution in [0.3, 0.4) is 0 Å². The third-order valence-corrected chi connectivity index (χ3v) is 4.32. The summed E-state index contributed by atoms with van der Waals surface area (Å²) >= 11 is 0. The van der Waals surface area contributed by atoms with Gasteiger partial charge in [-0.3, -0.25) is 14.4 Å². The van der Waals surface area contributed by atoms with Crippen LogP contribution in [0.2, 0.25) is 0 Å². The fourth-order valence-corrected chi connectivity index (χ4v) is 2.87. The number of nitrogens with two attached hydrogens (primary N) is 2. The summed E-state index contributed by atoms with van der Waals surface area (Å²) < 4.78 is 0. The molecule has 3 amide bonds. The van der Waals surface area contributed by atoms with Crippen LogP contribution < -0.4 is 32.7 Å². The summed E-state index contributed by atoms with van der Waals surface area (Å²) in [5.41, 5.74) is 10.3. The Kier molecular flexibility index (Phi) is 12.6. The normalized spacial score (nSPS) is 16.5. The number of hydrogen-bond donors (Lipinski definition) is 6. The van der Waals surface area contributed by atoms with Crippen molar-refractivity contribution >= 4 is 17.7 Å². The van der Waals surface area contributed by atoms with E-state index >= 15 is 0 Å². The zero-order chi connectivity index (χ0) is 20.6. The Labute approximate surface area is 166 Å². The van der Waals surface area contributed by atoms with Crippen LogP contribution >= 0.6 is 0 Å². The number of amides is 3. The number of allylic oxidation sites excluding steroid dienone is 4. The second-order valence-corrected chi connectivity index (χ2v) is 6.80. The second kappa shape index (κ2) is 14.8. The van der Waals surface area contributed by atoms with E-state index in [1.165, 1.54) is 0 Å². The molecule has 0 aromatic heterocycles. The predicted molar refractivity (Wildman–Crippen MR) is 109 cm³/mol. The summed E-state index contributed by atoms with van der Waals surface area (Å²) in [6, 6.07) is 0.165. The summed E-state index contributed by atoms with van der Waals surface area (Å²) in [5.74, 6) is -0.204. The predicted octanol–water partition coefficient (Wildman–Crippen LogP) is -1.49. The minimum atomic E-state index is -0.365. The van der Waals surface area contributed by atoms with Gasteiger partial charge in [0.25, 0.3) is 0 Å². The van der Waals surface area contributed by atoms with E-state index in [9.17, 15) is 14.4 Å². The number of carbonyl (C=O) groups excluding carboxylic acids is 3. The molecule has 2 unspecified atom stereocenters. The van der Waals surface area contributed by atoms with E-state index in [2.05, 4.69) is 39.5 Å². The second-order valence-electron chi connectivity index (χ2n) is 6.80. The Hall–Kier alpha value is -2.23. The van der Waals surface area contributed by atoms with Crippen LogP contribution in [0.5, 0.6) is 0 Å². The van der Waals surface area contributed by atoms with Crippen molar-refractivity contribution in [2.75, 3.05) is 39.3 Å². The molecule has 0 saturated heterocycles. The number of hydrogen-bond acceptors (Lipinski definition) is 6. The van der Waals surface area contributed by atoms with E-state index in [1.807, 2.05) is 6.08 Å². The summed E-state index contributed by atoms with van der Waals surface area (Å²) in [6.45, 7) is 2.40. The van der Waals surface area contributed by atoms with Gasteiger partial charge in [-0.25, -0.2) is 0 Å². The van der Waals surface area contributed by atoms with Gasteiger partial charge in [0.1, 0.15) is 0 Å². The first kappa shape index (κ1) is 23.8. The standard InChI is InChI=1S/C19H34N6O3/c20-12-18(27)25-10-9-23-16(11-15-5-2-1-3-6-15)13-22-14-19(28)24-8-4-7-17(21)26/h1-3,5,15-16,22-23H,4,6-14,20H2,(H2,21,26)(H,24,28)(H,25,27). The molecule has 0 fully saturated rings. The van der Waals surface area contributed by atoms with E-state index in [4.69, 9.17) is 11.5 Å². The van der Waals surface area contributed by atoms with Crippen LogP contribution in [0.15, 0.2) is 24.3 Å². The first-order valence-corrected chi connectivity index (χ1v) is 9.80.